The minimum absolute atomic E-state index is 0.118. The number of carbonyl (C=O) groups is 2. The highest BCUT2D eigenvalue weighted by Gasteiger charge is 2.27. The highest BCUT2D eigenvalue weighted by atomic mass is 32.2. The maximum absolute atomic E-state index is 11.9. The predicted octanol–water partition coefficient (Wildman–Crippen LogP) is 2.62. The third-order valence-electron chi connectivity index (χ3n) is 3.11. The topological polar surface area (TPSA) is 81.2 Å². The van der Waals surface area contributed by atoms with Gasteiger partial charge in [-0.25, -0.2) is 9.97 Å². The number of aromatic nitrogens is 2. The van der Waals surface area contributed by atoms with Crippen LogP contribution >= 0.6 is 23.1 Å². The van der Waals surface area contributed by atoms with Gasteiger partial charge in [-0.15, -0.1) is 11.3 Å². The lowest BCUT2D eigenvalue weighted by molar-refractivity contribution is -0.149. The Bertz CT molecular complexity index is 793. The number of hydrogen-bond acceptors (Lipinski definition) is 7. The normalized spacial score (nSPS) is 11.6. The molecule has 0 aliphatic carbocycles. The quantitative estimate of drug-likeness (QED) is 0.462. The number of fused-ring (bicyclic) bond motifs is 1. The van der Waals surface area contributed by atoms with Gasteiger partial charge in [-0.3, -0.25) is 9.59 Å². The summed E-state index contributed by atoms with van der Waals surface area (Å²) in [5.41, 5.74) is 1.03. The summed E-state index contributed by atoms with van der Waals surface area (Å²) < 4.78 is 40.5. The fraction of sp³-hybridized carbons (Fsp3) is 0.429. The molecule has 0 saturated heterocycles. The first-order chi connectivity index (χ1) is 11.7. The Hall–Kier alpha value is -1.88. The summed E-state index contributed by atoms with van der Waals surface area (Å²) in [6.07, 6.45) is -3.11. The van der Waals surface area contributed by atoms with Crippen LogP contribution in [-0.2, 0) is 14.3 Å². The Labute approximate surface area is 149 Å². The van der Waals surface area contributed by atoms with E-state index in [4.69, 9.17) is 0 Å². The molecule has 11 heteroatoms. The maximum Gasteiger partial charge on any atom is 0.405 e. The minimum Gasteiger partial charge on any atom is -0.455 e. The van der Waals surface area contributed by atoms with E-state index in [0.717, 1.165) is 32.4 Å². The van der Waals surface area contributed by atoms with Crippen LogP contribution in [0.2, 0.25) is 0 Å². The number of thioether (sulfide) groups is 1. The number of nitrogens with one attached hydrogen (secondary N) is 1. The molecule has 136 valence electrons. The van der Waals surface area contributed by atoms with E-state index in [1.807, 2.05) is 13.8 Å². The first-order valence-electron chi connectivity index (χ1n) is 7.00. The molecule has 1 amide bonds. The molecular weight excluding hydrogens is 379 g/mol. The van der Waals surface area contributed by atoms with Crippen LogP contribution in [0.4, 0.5) is 13.2 Å². The molecule has 0 radical (unpaired) electrons. The summed E-state index contributed by atoms with van der Waals surface area (Å²) in [4.78, 5) is 33.1. The molecule has 25 heavy (non-hydrogen) atoms. The number of amides is 1. The first-order valence-corrected chi connectivity index (χ1v) is 8.80. The van der Waals surface area contributed by atoms with Crippen molar-refractivity contribution in [2.75, 3.05) is 18.9 Å². The lowest BCUT2D eigenvalue weighted by Gasteiger charge is -2.08. The molecule has 0 unspecified atom stereocenters. The Morgan fingerprint density at radius 3 is 2.72 bits per heavy atom. The summed E-state index contributed by atoms with van der Waals surface area (Å²) in [6, 6.07) is 0. The smallest absolute Gasteiger partial charge is 0.405 e. The fourth-order valence-corrected chi connectivity index (χ4v) is 3.74. The van der Waals surface area contributed by atoms with E-state index < -0.39 is 31.2 Å². The van der Waals surface area contributed by atoms with Crippen molar-refractivity contribution in [3.8, 4) is 0 Å². The Kier molecular flexibility index (Phi) is 6.22. The molecule has 0 aromatic carbocycles. The van der Waals surface area contributed by atoms with E-state index in [9.17, 15) is 22.8 Å². The number of alkyl halides is 3. The summed E-state index contributed by atoms with van der Waals surface area (Å²) in [5, 5.41) is 3.10. The Morgan fingerprint density at radius 2 is 2.04 bits per heavy atom. The summed E-state index contributed by atoms with van der Waals surface area (Å²) >= 11 is 2.65. The molecule has 2 aromatic heterocycles. The largest absolute Gasteiger partial charge is 0.455 e. The van der Waals surface area contributed by atoms with Gasteiger partial charge in [-0.2, -0.15) is 13.2 Å². The number of aryl methyl sites for hydroxylation is 2. The second-order valence-electron chi connectivity index (χ2n) is 4.98. The van der Waals surface area contributed by atoms with E-state index in [-0.39, 0.29) is 5.75 Å². The van der Waals surface area contributed by atoms with Crippen LogP contribution in [-0.4, -0.2) is 46.9 Å². The summed E-state index contributed by atoms with van der Waals surface area (Å²) in [7, 11) is 0. The van der Waals surface area contributed by atoms with Gasteiger partial charge in [0.1, 0.15) is 22.7 Å². The van der Waals surface area contributed by atoms with Gasteiger partial charge < -0.3 is 10.1 Å². The van der Waals surface area contributed by atoms with Crippen molar-refractivity contribution in [1.82, 2.24) is 15.3 Å². The third-order valence-corrected chi connectivity index (χ3v) is 5.19. The van der Waals surface area contributed by atoms with Gasteiger partial charge in [0, 0.05) is 10.3 Å². The standard InChI is InChI=1S/C14H14F3N3O3S2/c1-7-8(2)25-13-11(7)12(19-6-20-13)24-4-10(22)23-3-9(21)18-5-14(15,16)17/h6H,3-5H2,1-2H3,(H,18,21). The molecule has 1 N–H and O–H groups in total. The highest BCUT2D eigenvalue weighted by Crippen LogP contribution is 2.34. The van der Waals surface area contributed by atoms with Gasteiger partial charge in [0.15, 0.2) is 6.61 Å². The molecule has 2 heterocycles. The van der Waals surface area contributed by atoms with Crippen LogP contribution in [0.5, 0.6) is 0 Å². The highest BCUT2D eigenvalue weighted by molar-refractivity contribution is 8.00. The van der Waals surface area contributed by atoms with Crippen molar-refractivity contribution >= 4 is 45.2 Å². The van der Waals surface area contributed by atoms with E-state index in [0.29, 0.717) is 5.03 Å². The molecule has 0 atom stereocenters. The number of esters is 1. The molecule has 0 aliphatic heterocycles. The monoisotopic (exact) mass is 393 g/mol. The number of nitrogens with zero attached hydrogens (tertiary/aromatic N) is 2. The second-order valence-corrected chi connectivity index (χ2v) is 7.15. The number of thiophene rings is 1. The van der Waals surface area contributed by atoms with E-state index in [1.54, 1.807) is 5.32 Å². The number of hydrogen-bond donors (Lipinski definition) is 1. The van der Waals surface area contributed by atoms with Crippen molar-refractivity contribution in [1.29, 1.82) is 0 Å². The predicted molar refractivity (Wildman–Crippen MR) is 87.6 cm³/mol. The number of halogens is 3. The van der Waals surface area contributed by atoms with Crippen molar-refractivity contribution in [3.63, 3.8) is 0 Å². The molecule has 0 bridgehead atoms. The SMILES string of the molecule is Cc1sc2ncnc(SCC(=O)OCC(=O)NCC(F)(F)F)c2c1C. The van der Waals surface area contributed by atoms with Crippen LogP contribution in [0, 0.1) is 13.8 Å². The van der Waals surface area contributed by atoms with Gasteiger partial charge in [-0.05, 0) is 19.4 Å². The summed E-state index contributed by atoms with van der Waals surface area (Å²) in [6.45, 7) is 1.67. The van der Waals surface area contributed by atoms with Crippen LogP contribution in [0.1, 0.15) is 10.4 Å². The zero-order chi connectivity index (χ0) is 18.6. The van der Waals surface area contributed by atoms with E-state index in [2.05, 4.69) is 14.7 Å². The van der Waals surface area contributed by atoms with Crippen molar-refractivity contribution in [2.45, 2.75) is 25.0 Å². The van der Waals surface area contributed by atoms with E-state index >= 15 is 0 Å². The molecule has 2 aromatic rings. The molecule has 0 aliphatic rings. The average Bonchev–Trinajstić information content (AvgIpc) is 2.83. The van der Waals surface area contributed by atoms with Crippen molar-refractivity contribution < 1.29 is 27.5 Å². The first kappa shape index (κ1) is 19.4. The summed E-state index contributed by atoms with van der Waals surface area (Å²) in [5.74, 6) is -1.85. The zero-order valence-electron chi connectivity index (χ0n) is 13.3. The van der Waals surface area contributed by atoms with Crippen LogP contribution < -0.4 is 5.32 Å². The lowest BCUT2D eigenvalue weighted by Crippen LogP contribution is -2.36. The number of rotatable bonds is 6. The van der Waals surface area contributed by atoms with Gasteiger partial charge in [0.25, 0.3) is 5.91 Å². The zero-order valence-corrected chi connectivity index (χ0v) is 14.9. The number of ether oxygens (including phenoxy) is 1. The van der Waals surface area contributed by atoms with E-state index in [1.165, 1.54) is 17.7 Å². The van der Waals surface area contributed by atoms with Crippen LogP contribution in [0.25, 0.3) is 10.2 Å². The van der Waals surface area contributed by atoms with Gasteiger partial charge in [-0.1, -0.05) is 11.8 Å². The van der Waals surface area contributed by atoms with Crippen LogP contribution in [0.15, 0.2) is 11.4 Å². The van der Waals surface area contributed by atoms with Gasteiger partial charge in [0.2, 0.25) is 0 Å². The third kappa shape index (κ3) is 5.56. The minimum atomic E-state index is -4.51. The van der Waals surface area contributed by atoms with Gasteiger partial charge >= 0.3 is 12.1 Å². The molecule has 6 nitrogen and oxygen atoms in total. The fourth-order valence-electron chi connectivity index (χ4n) is 1.82. The number of carbonyl (C=O) groups excluding carboxylic acids is 2. The average molecular weight is 393 g/mol. The van der Waals surface area contributed by atoms with Crippen LogP contribution in [0.3, 0.4) is 0 Å². The van der Waals surface area contributed by atoms with Crippen molar-refractivity contribution in [2.24, 2.45) is 0 Å². The Morgan fingerprint density at radius 1 is 1.32 bits per heavy atom. The molecule has 0 saturated carbocycles. The second kappa shape index (κ2) is 8.00. The lowest BCUT2D eigenvalue weighted by atomic mass is 10.2. The van der Waals surface area contributed by atoms with Crippen molar-refractivity contribution in [3.05, 3.63) is 16.8 Å². The maximum atomic E-state index is 11.9. The molecule has 0 fully saturated rings. The molecular formula is C14H14F3N3O3S2. The molecule has 2 rings (SSSR count). The molecule has 0 spiro atoms. The Balaban J connectivity index is 1.86. The van der Waals surface area contributed by atoms with Gasteiger partial charge in [0.05, 0.1) is 5.75 Å².